The average Bonchev–Trinajstić information content (AvgIpc) is 2.36. The van der Waals surface area contributed by atoms with Crippen molar-refractivity contribution < 1.29 is 40.6 Å². The Morgan fingerprint density at radius 1 is 1.09 bits per heavy atom. The maximum absolute atomic E-state index is 13.5. The van der Waals surface area contributed by atoms with E-state index in [0.29, 0.717) is 7.11 Å². The van der Waals surface area contributed by atoms with Crippen LogP contribution in [0.15, 0.2) is 24.3 Å². The molecule has 11 heteroatoms. The Morgan fingerprint density at radius 3 is 1.95 bits per heavy atom. The molecule has 0 aromatic heterocycles. The van der Waals surface area contributed by atoms with Gasteiger partial charge in [0.05, 0.1) is 0 Å². The lowest BCUT2D eigenvalue weighted by molar-refractivity contribution is -0.305. The van der Waals surface area contributed by atoms with E-state index in [4.69, 9.17) is 0 Å². The number of carbonyl (C=O) groups is 1. The van der Waals surface area contributed by atoms with Crippen LogP contribution in [0.25, 0.3) is 0 Å². The fourth-order valence-corrected chi connectivity index (χ4v) is 1.38. The van der Waals surface area contributed by atoms with E-state index in [2.05, 4.69) is 21.1 Å². The van der Waals surface area contributed by atoms with Gasteiger partial charge < -0.3 is 14.8 Å². The van der Waals surface area contributed by atoms with Crippen molar-refractivity contribution in [2.45, 2.75) is 17.6 Å². The van der Waals surface area contributed by atoms with Crippen LogP contribution < -0.4 is 10.1 Å². The molecule has 0 fully saturated rings. The minimum Gasteiger partial charge on any atom is -0.420 e. The highest BCUT2D eigenvalue weighted by Crippen LogP contribution is 2.35. The molecule has 1 amide bonds. The van der Waals surface area contributed by atoms with E-state index in [0.717, 1.165) is 24.3 Å². The van der Waals surface area contributed by atoms with Crippen molar-refractivity contribution in [1.82, 2.24) is 0 Å². The molecule has 1 aromatic rings. The van der Waals surface area contributed by atoms with Gasteiger partial charge in [-0.15, -0.1) is 8.78 Å². The van der Waals surface area contributed by atoms with Crippen molar-refractivity contribution in [2.75, 3.05) is 12.4 Å². The zero-order chi connectivity index (χ0) is 17.2. The summed E-state index contributed by atoms with van der Waals surface area (Å²) in [6.45, 7) is 0. The van der Waals surface area contributed by atoms with Crippen molar-refractivity contribution in [3.63, 3.8) is 0 Å². The predicted octanol–water partition coefficient (Wildman–Crippen LogP) is 3.67. The minimum absolute atomic E-state index is 0.307. The molecular formula is C11H8ClF6NO3. The van der Waals surface area contributed by atoms with E-state index < -0.39 is 29.3 Å². The van der Waals surface area contributed by atoms with E-state index in [1.54, 1.807) is 5.32 Å². The smallest absolute Gasteiger partial charge is 0.420 e. The number of rotatable bonds is 5. The minimum atomic E-state index is -5.60. The zero-order valence-electron chi connectivity index (χ0n) is 10.7. The topological polar surface area (TPSA) is 47.6 Å². The molecule has 4 nitrogen and oxygen atoms in total. The van der Waals surface area contributed by atoms with Crippen LogP contribution >= 0.6 is 11.6 Å². The van der Waals surface area contributed by atoms with Crippen LogP contribution in [-0.2, 0) is 9.53 Å². The van der Waals surface area contributed by atoms with Crippen LogP contribution in [0.5, 0.6) is 5.75 Å². The molecule has 0 aliphatic heterocycles. The molecule has 0 saturated carbocycles. The van der Waals surface area contributed by atoms with Gasteiger partial charge in [-0.05, 0) is 24.3 Å². The first kappa shape index (κ1) is 18.4. The second-order valence-electron chi connectivity index (χ2n) is 3.82. The van der Waals surface area contributed by atoms with Gasteiger partial charge in [-0.2, -0.15) is 17.6 Å². The predicted molar refractivity (Wildman–Crippen MR) is 63.4 cm³/mol. The summed E-state index contributed by atoms with van der Waals surface area (Å²) in [5, 5.41) is 1.60. The molecule has 0 heterocycles. The molecule has 22 heavy (non-hydrogen) atoms. The van der Waals surface area contributed by atoms with Gasteiger partial charge in [0, 0.05) is 24.4 Å². The largest absolute Gasteiger partial charge is 0.487 e. The van der Waals surface area contributed by atoms with E-state index in [9.17, 15) is 31.1 Å². The number of anilines is 1. The molecule has 0 bridgehead atoms. The number of alkyl halides is 7. The Kier molecular flexibility index (Phi) is 5.18. The van der Waals surface area contributed by atoms with Crippen LogP contribution in [0.3, 0.4) is 0 Å². The molecule has 0 spiro atoms. The van der Waals surface area contributed by atoms with Gasteiger partial charge in [0.2, 0.25) is 0 Å². The molecule has 0 aliphatic rings. The van der Waals surface area contributed by atoms with Crippen molar-refractivity contribution in [2.24, 2.45) is 0 Å². The molecule has 1 rings (SSSR count). The van der Waals surface area contributed by atoms with Gasteiger partial charge in [-0.3, -0.25) is 4.79 Å². The molecule has 0 unspecified atom stereocenters. The van der Waals surface area contributed by atoms with Gasteiger partial charge in [-0.1, -0.05) is 0 Å². The van der Waals surface area contributed by atoms with Crippen LogP contribution in [-0.4, -0.2) is 30.6 Å². The van der Waals surface area contributed by atoms with Crippen molar-refractivity contribution >= 4 is 23.2 Å². The third-order valence-electron chi connectivity index (χ3n) is 2.28. The van der Waals surface area contributed by atoms with E-state index in [1.165, 1.54) is 0 Å². The summed E-state index contributed by atoms with van der Waals surface area (Å²) in [6, 6.07) is 3.57. The molecule has 0 radical (unpaired) electrons. The Balaban J connectivity index is 2.85. The number of hydrogen-bond acceptors (Lipinski definition) is 3. The van der Waals surface area contributed by atoms with Crippen LogP contribution in [0.2, 0.25) is 0 Å². The highest BCUT2D eigenvalue weighted by Gasteiger charge is 2.63. The fraction of sp³-hybridized carbons (Fsp3) is 0.364. The number of benzene rings is 1. The Hall–Kier alpha value is -1.68. The number of methoxy groups -OCH3 is 1. The van der Waals surface area contributed by atoms with Crippen molar-refractivity contribution in [3.8, 4) is 5.75 Å². The summed E-state index contributed by atoms with van der Waals surface area (Å²) in [4.78, 5) is 11.3. The third-order valence-corrected chi connectivity index (χ3v) is 2.36. The quantitative estimate of drug-likeness (QED) is 0.650. The summed E-state index contributed by atoms with van der Waals surface area (Å²) >= 11 is 4.50. The Morgan fingerprint density at radius 2 is 1.59 bits per heavy atom. The molecule has 124 valence electrons. The highest BCUT2D eigenvalue weighted by atomic mass is 35.5. The maximum atomic E-state index is 13.5. The first-order valence-electron chi connectivity index (χ1n) is 5.37. The van der Waals surface area contributed by atoms with Gasteiger partial charge in [0.1, 0.15) is 5.75 Å². The number of amides is 1. The maximum Gasteiger partial charge on any atom is 0.487 e. The molecule has 1 N–H and O–H groups in total. The summed E-state index contributed by atoms with van der Waals surface area (Å²) in [6.07, 6.45) is -5.60. The monoisotopic (exact) mass is 351 g/mol. The van der Waals surface area contributed by atoms with Gasteiger partial charge in [-0.25, -0.2) is 0 Å². The van der Waals surface area contributed by atoms with E-state index in [1.807, 2.05) is 0 Å². The summed E-state index contributed by atoms with van der Waals surface area (Å²) in [5.41, 5.74) is -4.29. The second kappa shape index (κ2) is 6.21. The van der Waals surface area contributed by atoms with E-state index in [-0.39, 0.29) is 5.69 Å². The summed E-state index contributed by atoms with van der Waals surface area (Å²) in [7, 11) is 0.368. The number of nitrogens with one attached hydrogen (secondary N) is 1. The number of carbonyl (C=O) groups excluding carboxylic acids is 1. The number of hydrogen-bond donors (Lipinski definition) is 1. The molecule has 0 aliphatic carbocycles. The highest BCUT2D eigenvalue weighted by molar-refractivity contribution is 6.20. The fourth-order valence-electron chi connectivity index (χ4n) is 1.29. The van der Waals surface area contributed by atoms with E-state index >= 15 is 0 Å². The van der Waals surface area contributed by atoms with Crippen molar-refractivity contribution in [1.29, 1.82) is 0 Å². The second-order valence-corrected chi connectivity index (χ2v) is 4.26. The third kappa shape index (κ3) is 4.41. The summed E-state index contributed by atoms with van der Waals surface area (Å²) < 4.78 is 83.0. The van der Waals surface area contributed by atoms with Gasteiger partial charge >= 0.3 is 17.6 Å². The lowest BCUT2D eigenvalue weighted by atomic mass is 10.2. The lowest BCUT2D eigenvalue weighted by Crippen LogP contribution is -2.52. The van der Waals surface area contributed by atoms with Crippen LogP contribution in [0.4, 0.5) is 32.0 Å². The Bertz CT molecular complexity index is 530. The first-order valence-corrected chi connectivity index (χ1v) is 5.75. The normalized spacial score (nSPS) is 15.1. The van der Waals surface area contributed by atoms with Crippen LogP contribution in [0.1, 0.15) is 0 Å². The number of ether oxygens (including phenoxy) is 2. The molecule has 0 saturated heterocycles. The summed E-state index contributed by atoms with van der Waals surface area (Å²) in [5.74, 6) is -7.10. The Labute approximate surface area is 124 Å². The SMILES string of the molecule is CO[C@@](F)(C(=O)Nc1ccc(OC(F)(F)Cl)cc1)C(F)(F)F. The van der Waals surface area contributed by atoms with Gasteiger partial charge in [0.25, 0.3) is 5.91 Å². The van der Waals surface area contributed by atoms with Gasteiger partial charge in [0.15, 0.2) is 0 Å². The average molecular weight is 352 g/mol. The standard InChI is InChI=1S/C11H8ClF6NO3/c1-21-9(13,10(14,15)16)8(20)19-6-2-4-7(5-3-6)22-11(12,17)18/h2-5H,1H3,(H,19,20)/t9-/m0/s1. The first-order chi connectivity index (χ1) is 9.89. The van der Waals surface area contributed by atoms with Crippen LogP contribution in [0, 0.1) is 0 Å². The zero-order valence-corrected chi connectivity index (χ0v) is 11.4. The molecule has 1 aromatic carbocycles. The molecular weight excluding hydrogens is 344 g/mol. The van der Waals surface area contributed by atoms with Crippen molar-refractivity contribution in [3.05, 3.63) is 24.3 Å². The number of halogens is 7. The molecule has 1 atom stereocenters. The lowest BCUT2D eigenvalue weighted by Gasteiger charge is -2.24.